The standard InChI is InChI=1S/C39H45IN10O5/c1-22(51)47-34(19-25-21-46-30-10-5-3-8-28(25)30)38(55)50-33(17-23-12-14-26(40)15-13-23)37(54)48-31(11-6-16-44-39(42)43)36(53)49-32(35(41)52)18-24-20-45-29-9-4-2-7-27(24)29/h2-5,7-10,12-15,20-21,31-34,45-46H,6,11,16-19H2,1H3,(H2,41,52)(H,47,51)(H,48,54)(H,49,53)(H,50,55)(H4,42,43,44)/t31-,32-,33+,34-/m0/s1. The highest BCUT2D eigenvalue weighted by atomic mass is 127. The number of para-hydroxylation sites is 2. The molecule has 0 radical (unpaired) electrons. The first kappa shape index (κ1) is 40.3. The molecule has 5 amide bonds. The number of carbonyl (C=O) groups is 5. The molecule has 0 bridgehead atoms. The Balaban J connectivity index is 1.38. The number of H-pyrrole nitrogens is 2. The molecule has 0 aliphatic heterocycles. The third-order valence-electron chi connectivity index (χ3n) is 9.12. The van der Waals surface area contributed by atoms with Crippen molar-refractivity contribution in [3.63, 3.8) is 0 Å². The molecule has 4 atom stereocenters. The number of nitrogens with two attached hydrogens (primary N) is 3. The van der Waals surface area contributed by atoms with Crippen molar-refractivity contribution in [1.82, 2.24) is 31.2 Å². The fraction of sp³-hybridized carbons (Fsp3) is 0.282. The summed E-state index contributed by atoms with van der Waals surface area (Å²) in [6, 6.07) is 18.1. The number of rotatable bonds is 18. The Morgan fingerprint density at radius 3 is 1.69 bits per heavy atom. The molecule has 0 spiro atoms. The van der Waals surface area contributed by atoms with Crippen molar-refractivity contribution in [1.29, 1.82) is 0 Å². The van der Waals surface area contributed by atoms with Crippen molar-refractivity contribution in [2.75, 3.05) is 6.54 Å². The van der Waals surface area contributed by atoms with Gasteiger partial charge in [-0.25, -0.2) is 0 Å². The minimum absolute atomic E-state index is 0.0706. The number of carbonyl (C=O) groups excluding carboxylic acids is 5. The molecule has 0 saturated heterocycles. The number of aromatic amines is 2. The second-order valence-electron chi connectivity index (χ2n) is 13.2. The number of fused-ring (bicyclic) bond motifs is 2. The van der Waals surface area contributed by atoms with Gasteiger partial charge in [-0.2, -0.15) is 0 Å². The number of halogens is 1. The van der Waals surface area contributed by atoms with E-state index in [1.54, 1.807) is 12.4 Å². The predicted octanol–water partition coefficient (Wildman–Crippen LogP) is 1.78. The summed E-state index contributed by atoms with van der Waals surface area (Å²) in [4.78, 5) is 77.3. The maximum atomic E-state index is 14.2. The minimum atomic E-state index is -1.17. The fourth-order valence-corrected chi connectivity index (χ4v) is 6.73. The number of benzene rings is 3. The molecule has 0 aliphatic rings. The second-order valence-corrected chi connectivity index (χ2v) is 14.5. The van der Waals surface area contributed by atoms with Crippen LogP contribution in [0.4, 0.5) is 0 Å². The lowest BCUT2D eigenvalue weighted by Gasteiger charge is -2.26. The van der Waals surface area contributed by atoms with E-state index < -0.39 is 53.7 Å². The van der Waals surface area contributed by atoms with Gasteiger partial charge in [0.1, 0.15) is 24.2 Å². The van der Waals surface area contributed by atoms with Crippen LogP contribution in [0.15, 0.2) is 90.2 Å². The molecule has 0 saturated carbocycles. The van der Waals surface area contributed by atoms with E-state index >= 15 is 0 Å². The zero-order valence-electron chi connectivity index (χ0n) is 30.2. The number of primary amides is 1. The highest BCUT2D eigenvalue weighted by Gasteiger charge is 2.31. The first-order valence-electron chi connectivity index (χ1n) is 17.7. The smallest absolute Gasteiger partial charge is 0.243 e. The number of aliphatic imine (C=N–C) groups is 1. The Bertz CT molecular complexity index is 2180. The highest BCUT2D eigenvalue weighted by molar-refractivity contribution is 14.1. The summed E-state index contributed by atoms with van der Waals surface area (Å²) < 4.78 is 0.977. The van der Waals surface area contributed by atoms with Crippen molar-refractivity contribution < 1.29 is 24.0 Å². The van der Waals surface area contributed by atoms with Crippen LogP contribution in [-0.4, -0.2) is 76.2 Å². The summed E-state index contributed by atoms with van der Waals surface area (Å²) in [7, 11) is 0. The van der Waals surface area contributed by atoms with Crippen LogP contribution in [0.25, 0.3) is 21.8 Å². The van der Waals surface area contributed by atoms with Crippen molar-refractivity contribution in [2.45, 2.75) is 63.2 Å². The third-order valence-corrected chi connectivity index (χ3v) is 9.84. The van der Waals surface area contributed by atoms with Gasteiger partial charge in [-0.05, 0) is 76.4 Å². The van der Waals surface area contributed by atoms with Gasteiger partial charge in [-0.15, -0.1) is 0 Å². The molecule has 0 aliphatic carbocycles. The molecule has 12 N–H and O–H groups in total. The molecule has 2 heterocycles. The molecular weight excluding hydrogens is 815 g/mol. The van der Waals surface area contributed by atoms with Gasteiger partial charge in [0.25, 0.3) is 0 Å². The van der Waals surface area contributed by atoms with E-state index in [4.69, 9.17) is 17.2 Å². The van der Waals surface area contributed by atoms with Gasteiger partial charge in [-0.1, -0.05) is 48.5 Å². The van der Waals surface area contributed by atoms with Gasteiger partial charge in [0, 0.05) is 70.5 Å². The van der Waals surface area contributed by atoms with Gasteiger partial charge in [0.15, 0.2) is 5.96 Å². The predicted molar refractivity (Wildman–Crippen MR) is 219 cm³/mol. The summed E-state index contributed by atoms with van der Waals surface area (Å²) in [5.41, 5.74) is 20.8. The van der Waals surface area contributed by atoms with Crippen molar-refractivity contribution in [2.24, 2.45) is 22.2 Å². The number of guanidine groups is 1. The summed E-state index contributed by atoms with van der Waals surface area (Å²) >= 11 is 2.17. The number of aromatic nitrogens is 2. The van der Waals surface area contributed by atoms with Crippen LogP contribution in [0, 0.1) is 3.57 Å². The molecule has 0 unspecified atom stereocenters. The van der Waals surface area contributed by atoms with Crippen LogP contribution in [-0.2, 0) is 43.2 Å². The molecule has 5 rings (SSSR count). The van der Waals surface area contributed by atoms with Crippen molar-refractivity contribution in [3.05, 3.63) is 105 Å². The summed E-state index contributed by atoms with van der Waals surface area (Å²) in [5, 5.41) is 12.8. The first-order valence-corrected chi connectivity index (χ1v) is 18.8. The lowest BCUT2D eigenvalue weighted by atomic mass is 10.0. The molecule has 288 valence electrons. The maximum Gasteiger partial charge on any atom is 0.243 e. The van der Waals surface area contributed by atoms with Gasteiger partial charge >= 0.3 is 0 Å². The van der Waals surface area contributed by atoms with Crippen LogP contribution in [0.3, 0.4) is 0 Å². The molecule has 16 heteroatoms. The molecule has 15 nitrogen and oxygen atoms in total. The lowest BCUT2D eigenvalue weighted by molar-refractivity contribution is -0.134. The number of nitrogens with zero attached hydrogens (tertiary/aromatic N) is 1. The summed E-state index contributed by atoms with van der Waals surface area (Å²) in [6.45, 7) is 1.49. The van der Waals surface area contributed by atoms with Gasteiger partial charge in [0.05, 0.1) is 0 Å². The summed E-state index contributed by atoms with van der Waals surface area (Å²) in [5.74, 6) is -3.21. The van der Waals surface area contributed by atoms with Crippen molar-refractivity contribution >= 4 is 79.9 Å². The van der Waals surface area contributed by atoms with E-state index in [1.165, 1.54) is 6.92 Å². The maximum absolute atomic E-state index is 14.2. The van der Waals surface area contributed by atoms with Crippen molar-refractivity contribution in [3.8, 4) is 0 Å². The number of nitrogens with one attached hydrogen (secondary N) is 6. The quantitative estimate of drug-likeness (QED) is 0.0273. The van der Waals surface area contributed by atoms with Gasteiger partial charge < -0.3 is 48.4 Å². The van der Waals surface area contributed by atoms with E-state index in [2.05, 4.69) is 58.8 Å². The Morgan fingerprint density at radius 1 is 0.655 bits per heavy atom. The largest absolute Gasteiger partial charge is 0.370 e. The van der Waals surface area contributed by atoms with E-state index in [0.29, 0.717) is 6.42 Å². The summed E-state index contributed by atoms with van der Waals surface area (Å²) in [6.07, 6.45) is 4.24. The zero-order chi connectivity index (χ0) is 39.5. The van der Waals surface area contributed by atoms with Crippen LogP contribution < -0.4 is 38.5 Å². The number of hydrogen-bond acceptors (Lipinski definition) is 6. The minimum Gasteiger partial charge on any atom is -0.370 e. The molecular formula is C39H45IN10O5. The van der Waals surface area contributed by atoms with E-state index in [9.17, 15) is 24.0 Å². The molecule has 2 aromatic heterocycles. The Kier molecular flexibility index (Phi) is 13.9. The lowest BCUT2D eigenvalue weighted by Crippen LogP contribution is -2.59. The van der Waals surface area contributed by atoms with E-state index in [0.717, 1.165) is 42.1 Å². The Morgan fingerprint density at radius 2 is 1.15 bits per heavy atom. The fourth-order valence-electron chi connectivity index (χ4n) is 6.37. The zero-order valence-corrected chi connectivity index (χ0v) is 32.4. The van der Waals surface area contributed by atoms with E-state index in [1.807, 2.05) is 72.8 Å². The second kappa shape index (κ2) is 18.9. The van der Waals surface area contributed by atoms with Gasteiger partial charge in [0.2, 0.25) is 29.5 Å². The SMILES string of the molecule is CC(=O)N[C@@H](Cc1c[nH]c2ccccc12)C(=O)N[C@H](Cc1ccc(I)cc1)C(=O)N[C@@H](CCCN=C(N)N)C(=O)N[C@@H](Cc1c[nH]c2ccccc12)C(N)=O. The molecule has 3 aromatic carbocycles. The Labute approximate surface area is 331 Å². The molecule has 5 aromatic rings. The van der Waals surface area contributed by atoms with E-state index in [-0.39, 0.29) is 38.2 Å². The average Bonchev–Trinajstić information content (AvgIpc) is 3.76. The monoisotopic (exact) mass is 860 g/mol. The van der Waals surface area contributed by atoms with Crippen LogP contribution in [0.1, 0.15) is 36.5 Å². The average molecular weight is 861 g/mol. The van der Waals surface area contributed by atoms with Gasteiger partial charge in [-0.3, -0.25) is 29.0 Å². The number of hydrogen-bond donors (Lipinski definition) is 9. The van der Waals surface area contributed by atoms with Crippen LogP contribution >= 0.6 is 22.6 Å². The molecule has 55 heavy (non-hydrogen) atoms. The molecule has 0 fully saturated rings. The Hall–Kier alpha value is -5.91. The third kappa shape index (κ3) is 11.3. The van der Waals surface area contributed by atoms with Crippen LogP contribution in [0.5, 0.6) is 0 Å². The van der Waals surface area contributed by atoms with Crippen LogP contribution in [0.2, 0.25) is 0 Å². The topological polar surface area (TPSA) is 255 Å². The highest BCUT2D eigenvalue weighted by Crippen LogP contribution is 2.21. The first-order chi connectivity index (χ1) is 26.4. The number of amides is 5. The normalized spacial score (nSPS) is 13.3.